The number of fused-ring (bicyclic) bond motifs is 1. The highest BCUT2D eigenvalue weighted by Gasteiger charge is 2.26. The van der Waals surface area contributed by atoms with E-state index in [4.69, 9.17) is 5.26 Å². The fourth-order valence-electron chi connectivity index (χ4n) is 4.85. The van der Waals surface area contributed by atoms with Crippen LogP contribution in [0.1, 0.15) is 78.7 Å². The molecule has 0 bridgehead atoms. The molecule has 1 saturated carbocycles. The molecule has 2 aliphatic rings. The van der Waals surface area contributed by atoms with E-state index >= 15 is 0 Å². The lowest BCUT2D eigenvalue weighted by molar-refractivity contribution is 0.347. The first-order valence-electron chi connectivity index (χ1n) is 10.1. The second-order valence-electron chi connectivity index (χ2n) is 8.39. The van der Waals surface area contributed by atoms with Crippen molar-refractivity contribution in [1.29, 1.82) is 5.26 Å². The first kappa shape index (κ1) is 18.2. The third-order valence-electron chi connectivity index (χ3n) is 6.59. The Morgan fingerprint density at radius 2 is 1.67 bits per heavy atom. The normalized spacial score (nSPS) is 24.9. The van der Waals surface area contributed by atoms with Crippen molar-refractivity contribution in [1.82, 2.24) is 0 Å². The SMILES string of the molecule is CC1CCC(c2ccc(C3CCc4cc(C#N)c(F)cc4C3)c(F)c2)CC1. The van der Waals surface area contributed by atoms with E-state index < -0.39 is 5.82 Å². The Morgan fingerprint density at radius 1 is 0.889 bits per heavy atom. The van der Waals surface area contributed by atoms with E-state index in [2.05, 4.69) is 13.0 Å². The van der Waals surface area contributed by atoms with Gasteiger partial charge in [0.15, 0.2) is 0 Å². The van der Waals surface area contributed by atoms with Gasteiger partial charge in [-0.3, -0.25) is 0 Å². The molecule has 0 saturated heterocycles. The van der Waals surface area contributed by atoms with Gasteiger partial charge in [0, 0.05) is 0 Å². The molecule has 0 aliphatic heterocycles. The molecule has 27 heavy (non-hydrogen) atoms. The predicted octanol–water partition coefficient (Wildman–Crippen LogP) is 6.40. The smallest absolute Gasteiger partial charge is 0.141 e. The third-order valence-corrected chi connectivity index (χ3v) is 6.59. The van der Waals surface area contributed by atoms with E-state index in [9.17, 15) is 8.78 Å². The second kappa shape index (κ2) is 7.43. The molecule has 0 heterocycles. The van der Waals surface area contributed by atoms with Crippen LogP contribution in [0.4, 0.5) is 8.78 Å². The van der Waals surface area contributed by atoms with Gasteiger partial charge in [0.05, 0.1) is 5.56 Å². The first-order chi connectivity index (χ1) is 13.0. The van der Waals surface area contributed by atoms with E-state index in [1.807, 2.05) is 12.1 Å². The third kappa shape index (κ3) is 3.63. The molecule has 4 rings (SSSR count). The van der Waals surface area contributed by atoms with Crippen LogP contribution in [0.5, 0.6) is 0 Å². The monoisotopic (exact) mass is 365 g/mol. The Labute approximate surface area is 160 Å². The molecule has 2 aromatic carbocycles. The molecule has 0 aromatic heterocycles. The van der Waals surface area contributed by atoms with Crippen LogP contribution < -0.4 is 0 Å². The number of hydrogen-bond acceptors (Lipinski definition) is 1. The number of nitrogens with zero attached hydrogens (tertiary/aromatic N) is 1. The number of nitriles is 1. The summed E-state index contributed by atoms with van der Waals surface area (Å²) in [6, 6.07) is 10.8. The van der Waals surface area contributed by atoms with Gasteiger partial charge >= 0.3 is 0 Å². The number of aryl methyl sites for hydroxylation is 1. The summed E-state index contributed by atoms with van der Waals surface area (Å²) in [4.78, 5) is 0. The van der Waals surface area contributed by atoms with Crippen molar-refractivity contribution in [2.24, 2.45) is 5.92 Å². The van der Waals surface area contributed by atoms with Gasteiger partial charge in [-0.25, -0.2) is 8.78 Å². The number of benzene rings is 2. The molecule has 1 nitrogen and oxygen atoms in total. The van der Waals surface area contributed by atoms with E-state index in [1.165, 1.54) is 18.9 Å². The van der Waals surface area contributed by atoms with Gasteiger partial charge in [0.1, 0.15) is 17.7 Å². The van der Waals surface area contributed by atoms with E-state index in [0.29, 0.717) is 12.3 Å². The van der Waals surface area contributed by atoms with Crippen LogP contribution in [0.15, 0.2) is 30.3 Å². The molecule has 0 N–H and O–H groups in total. The van der Waals surface area contributed by atoms with E-state index in [1.54, 1.807) is 12.1 Å². The van der Waals surface area contributed by atoms with E-state index in [-0.39, 0.29) is 17.3 Å². The Bertz CT molecular complexity index is 888. The van der Waals surface area contributed by atoms with Gasteiger partial charge < -0.3 is 0 Å². The Morgan fingerprint density at radius 3 is 2.37 bits per heavy atom. The minimum atomic E-state index is -0.473. The summed E-state index contributed by atoms with van der Waals surface area (Å²) in [5, 5.41) is 8.99. The number of halogens is 2. The van der Waals surface area contributed by atoms with Gasteiger partial charge in [-0.1, -0.05) is 31.9 Å². The molecule has 140 valence electrons. The number of hydrogen-bond donors (Lipinski definition) is 0. The fraction of sp³-hybridized carbons (Fsp3) is 0.458. The quantitative estimate of drug-likeness (QED) is 0.604. The van der Waals surface area contributed by atoms with Crippen LogP contribution in [0.25, 0.3) is 0 Å². The largest absolute Gasteiger partial charge is 0.207 e. The highest BCUT2D eigenvalue weighted by Crippen LogP contribution is 2.39. The lowest BCUT2D eigenvalue weighted by Gasteiger charge is -2.28. The average molecular weight is 365 g/mol. The minimum Gasteiger partial charge on any atom is -0.207 e. The van der Waals surface area contributed by atoms with Crippen LogP contribution in [-0.2, 0) is 12.8 Å². The lowest BCUT2D eigenvalue weighted by atomic mass is 9.77. The van der Waals surface area contributed by atoms with Crippen LogP contribution in [0.3, 0.4) is 0 Å². The summed E-state index contributed by atoms with van der Waals surface area (Å²) in [5.41, 5.74) is 3.91. The lowest BCUT2D eigenvalue weighted by Crippen LogP contribution is -2.16. The van der Waals surface area contributed by atoms with Crippen LogP contribution in [0, 0.1) is 28.9 Å². The molecule has 1 atom stereocenters. The maximum Gasteiger partial charge on any atom is 0.141 e. The Balaban J connectivity index is 1.54. The Kier molecular flexibility index (Phi) is 5.00. The second-order valence-corrected chi connectivity index (χ2v) is 8.39. The van der Waals surface area contributed by atoms with Crippen molar-refractivity contribution in [3.05, 3.63) is 69.8 Å². The van der Waals surface area contributed by atoms with Gasteiger partial charge in [0.25, 0.3) is 0 Å². The predicted molar refractivity (Wildman–Crippen MR) is 103 cm³/mol. The zero-order valence-electron chi connectivity index (χ0n) is 15.8. The van der Waals surface area contributed by atoms with Gasteiger partial charge in [0.2, 0.25) is 0 Å². The maximum absolute atomic E-state index is 14.9. The highest BCUT2D eigenvalue weighted by molar-refractivity contribution is 5.42. The fourth-order valence-corrected chi connectivity index (χ4v) is 4.85. The molecule has 0 radical (unpaired) electrons. The van der Waals surface area contributed by atoms with Crippen molar-refractivity contribution < 1.29 is 8.78 Å². The zero-order valence-corrected chi connectivity index (χ0v) is 15.8. The summed E-state index contributed by atoms with van der Waals surface area (Å²) < 4.78 is 28.9. The molecule has 0 amide bonds. The summed E-state index contributed by atoms with van der Waals surface area (Å²) in [5.74, 6) is 0.753. The van der Waals surface area contributed by atoms with Crippen molar-refractivity contribution in [2.45, 2.75) is 63.7 Å². The van der Waals surface area contributed by atoms with E-state index in [0.717, 1.165) is 53.9 Å². The summed E-state index contributed by atoms with van der Waals surface area (Å²) in [7, 11) is 0. The topological polar surface area (TPSA) is 23.8 Å². The summed E-state index contributed by atoms with van der Waals surface area (Å²) in [6.45, 7) is 2.29. The van der Waals surface area contributed by atoms with Gasteiger partial charge in [-0.05, 0) is 90.3 Å². The minimum absolute atomic E-state index is 0.0743. The summed E-state index contributed by atoms with van der Waals surface area (Å²) >= 11 is 0. The van der Waals surface area contributed by atoms with Gasteiger partial charge in [-0.15, -0.1) is 0 Å². The molecular formula is C24H25F2N. The standard InChI is InChI=1S/C24H25F2N/c1-15-2-4-16(5-3-15)18-8-9-22(24(26)12-18)19-7-6-17-10-21(14-27)23(25)13-20(17)11-19/h8-10,12-13,15-16,19H,2-7,11H2,1H3. The van der Waals surface area contributed by atoms with Crippen molar-refractivity contribution in [3.8, 4) is 6.07 Å². The summed E-state index contributed by atoms with van der Waals surface area (Å²) in [6.07, 6.45) is 6.98. The van der Waals surface area contributed by atoms with Crippen LogP contribution >= 0.6 is 0 Å². The van der Waals surface area contributed by atoms with Gasteiger partial charge in [-0.2, -0.15) is 5.26 Å². The highest BCUT2D eigenvalue weighted by atomic mass is 19.1. The van der Waals surface area contributed by atoms with Crippen molar-refractivity contribution in [3.63, 3.8) is 0 Å². The molecule has 1 fully saturated rings. The Hall–Kier alpha value is -2.21. The molecule has 3 heteroatoms. The van der Waals surface area contributed by atoms with Crippen LogP contribution in [-0.4, -0.2) is 0 Å². The maximum atomic E-state index is 14.9. The molecular weight excluding hydrogens is 340 g/mol. The molecule has 0 spiro atoms. The first-order valence-corrected chi connectivity index (χ1v) is 10.1. The number of rotatable bonds is 2. The molecule has 2 aromatic rings. The molecule has 1 unspecified atom stereocenters. The van der Waals surface area contributed by atoms with Crippen LogP contribution in [0.2, 0.25) is 0 Å². The average Bonchev–Trinajstić information content (AvgIpc) is 2.67. The van der Waals surface area contributed by atoms with Crippen molar-refractivity contribution in [2.75, 3.05) is 0 Å². The molecule has 2 aliphatic carbocycles. The van der Waals surface area contributed by atoms with Crippen molar-refractivity contribution >= 4 is 0 Å². The zero-order chi connectivity index (χ0) is 19.0.